The number of ether oxygens (including phenoxy) is 1. The topological polar surface area (TPSA) is 81.9 Å². The zero-order valence-corrected chi connectivity index (χ0v) is 16.5. The van der Waals surface area contributed by atoms with Crippen LogP contribution in [0.1, 0.15) is 25.8 Å². The Kier molecular flexibility index (Phi) is 5.29. The van der Waals surface area contributed by atoms with Crippen molar-refractivity contribution in [3.8, 4) is 17.1 Å². The number of hydrogen-bond donors (Lipinski definition) is 1. The molecule has 0 bridgehead atoms. The Hall–Kier alpha value is -2.87. The van der Waals surface area contributed by atoms with Crippen molar-refractivity contribution in [3.05, 3.63) is 48.8 Å². The van der Waals surface area contributed by atoms with Crippen molar-refractivity contribution in [2.45, 2.75) is 36.2 Å². The molecule has 1 aliphatic rings. The minimum absolute atomic E-state index is 0.0801. The average molecular weight is 395 g/mol. The molecule has 1 aromatic carbocycles. The molecule has 1 aliphatic carbocycles. The second-order valence-corrected chi connectivity index (χ2v) is 7.93. The van der Waals surface area contributed by atoms with E-state index in [1.54, 1.807) is 19.5 Å². The number of anilines is 1. The van der Waals surface area contributed by atoms with Crippen LogP contribution >= 0.6 is 11.8 Å². The first-order valence-corrected chi connectivity index (χ1v) is 10.0. The van der Waals surface area contributed by atoms with Crippen molar-refractivity contribution in [1.82, 2.24) is 19.7 Å². The van der Waals surface area contributed by atoms with Gasteiger partial charge in [0.05, 0.1) is 12.4 Å². The van der Waals surface area contributed by atoms with E-state index in [1.807, 2.05) is 43.3 Å². The highest BCUT2D eigenvalue weighted by Crippen LogP contribution is 2.41. The maximum atomic E-state index is 12.6. The van der Waals surface area contributed by atoms with Gasteiger partial charge in [-0.1, -0.05) is 11.8 Å². The van der Waals surface area contributed by atoms with E-state index in [0.29, 0.717) is 6.04 Å². The summed E-state index contributed by atoms with van der Waals surface area (Å²) in [5, 5.41) is 12.1. The van der Waals surface area contributed by atoms with Crippen LogP contribution in [0.4, 0.5) is 5.69 Å². The fourth-order valence-electron chi connectivity index (χ4n) is 2.84. The third-order valence-corrected chi connectivity index (χ3v) is 5.56. The van der Waals surface area contributed by atoms with Crippen LogP contribution in [0.25, 0.3) is 11.4 Å². The Morgan fingerprint density at radius 3 is 2.68 bits per heavy atom. The Labute approximate surface area is 167 Å². The lowest BCUT2D eigenvalue weighted by molar-refractivity contribution is -0.115. The zero-order valence-electron chi connectivity index (χ0n) is 15.7. The number of rotatable bonds is 7. The predicted molar refractivity (Wildman–Crippen MR) is 108 cm³/mol. The van der Waals surface area contributed by atoms with E-state index in [0.717, 1.165) is 40.8 Å². The van der Waals surface area contributed by atoms with Crippen LogP contribution in [0.15, 0.2) is 53.9 Å². The molecule has 0 radical (unpaired) electrons. The van der Waals surface area contributed by atoms with Crippen LogP contribution in [-0.2, 0) is 4.79 Å². The molecule has 1 saturated carbocycles. The molecule has 4 rings (SSSR count). The monoisotopic (exact) mass is 395 g/mol. The highest BCUT2D eigenvalue weighted by atomic mass is 32.2. The molecule has 28 heavy (non-hydrogen) atoms. The van der Waals surface area contributed by atoms with Crippen LogP contribution < -0.4 is 10.1 Å². The highest BCUT2D eigenvalue weighted by Gasteiger charge is 2.31. The third-order valence-electron chi connectivity index (χ3n) is 4.51. The van der Waals surface area contributed by atoms with E-state index in [4.69, 9.17) is 4.74 Å². The summed E-state index contributed by atoms with van der Waals surface area (Å²) < 4.78 is 7.28. The Balaban J connectivity index is 1.49. The maximum absolute atomic E-state index is 12.6. The number of amides is 1. The van der Waals surface area contributed by atoms with Gasteiger partial charge in [-0.3, -0.25) is 14.3 Å². The van der Waals surface area contributed by atoms with E-state index < -0.39 is 0 Å². The number of carbonyl (C=O) groups excluding carboxylic acids is 1. The van der Waals surface area contributed by atoms with Gasteiger partial charge in [0, 0.05) is 29.7 Å². The number of nitrogens with one attached hydrogen (secondary N) is 1. The number of thioether (sulfide) groups is 1. The quantitative estimate of drug-likeness (QED) is 0.613. The molecule has 0 saturated heterocycles. The van der Waals surface area contributed by atoms with Crippen LogP contribution in [0.5, 0.6) is 5.75 Å². The molecule has 1 amide bonds. The lowest BCUT2D eigenvalue weighted by Gasteiger charge is -2.13. The van der Waals surface area contributed by atoms with E-state index in [2.05, 4.69) is 25.1 Å². The van der Waals surface area contributed by atoms with Crippen molar-refractivity contribution in [2.24, 2.45) is 0 Å². The first kappa shape index (κ1) is 18.5. The third kappa shape index (κ3) is 4.01. The van der Waals surface area contributed by atoms with Crippen molar-refractivity contribution in [3.63, 3.8) is 0 Å². The van der Waals surface area contributed by atoms with Gasteiger partial charge in [0.15, 0.2) is 11.0 Å². The fraction of sp³-hybridized carbons (Fsp3) is 0.300. The first-order chi connectivity index (χ1) is 13.7. The molecular formula is C20H21N5O2S. The van der Waals surface area contributed by atoms with Gasteiger partial charge in [0.2, 0.25) is 5.91 Å². The summed E-state index contributed by atoms with van der Waals surface area (Å²) in [6.45, 7) is 1.87. The lowest BCUT2D eigenvalue weighted by Crippen LogP contribution is -2.22. The lowest BCUT2D eigenvalue weighted by atomic mass is 10.3. The number of benzene rings is 1. The van der Waals surface area contributed by atoms with E-state index in [1.165, 1.54) is 11.8 Å². The molecule has 144 valence electrons. The van der Waals surface area contributed by atoms with Crippen LogP contribution in [0, 0.1) is 0 Å². The van der Waals surface area contributed by atoms with Crippen molar-refractivity contribution >= 4 is 23.4 Å². The minimum atomic E-state index is -0.314. The molecule has 1 atom stereocenters. The van der Waals surface area contributed by atoms with Gasteiger partial charge in [0.25, 0.3) is 0 Å². The first-order valence-electron chi connectivity index (χ1n) is 9.12. The molecular weight excluding hydrogens is 374 g/mol. The van der Waals surface area contributed by atoms with Crippen molar-refractivity contribution in [1.29, 1.82) is 0 Å². The Bertz CT molecular complexity index is 954. The van der Waals surface area contributed by atoms with Gasteiger partial charge in [0.1, 0.15) is 5.75 Å². The van der Waals surface area contributed by atoms with Gasteiger partial charge in [-0.2, -0.15) is 0 Å². The van der Waals surface area contributed by atoms with Crippen LogP contribution in [0.3, 0.4) is 0 Å². The molecule has 0 aliphatic heterocycles. The molecule has 0 unspecified atom stereocenters. The summed E-state index contributed by atoms with van der Waals surface area (Å²) in [5.41, 5.74) is 1.67. The average Bonchev–Trinajstić information content (AvgIpc) is 3.49. The van der Waals surface area contributed by atoms with E-state index in [-0.39, 0.29) is 11.2 Å². The van der Waals surface area contributed by atoms with Gasteiger partial charge in [-0.05, 0) is 56.2 Å². The largest absolute Gasteiger partial charge is 0.497 e. The molecule has 0 spiro atoms. The van der Waals surface area contributed by atoms with Gasteiger partial charge in [-0.15, -0.1) is 10.2 Å². The minimum Gasteiger partial charge on any atom is -0.497 e. The molecule has 8 heteroatoms. The highest BCUT2D eigenvalue weighted by molar-refractivity contribution is 8.00. The van der Waals surface area contributed by atoms with Crippen molar-refractivity contribution in [2.75, 3.05) is 12.4 Å². The summed E-state index contributed by atoms with van der Waals surface area (Å²) in [4.78, 5) is 16.8. The number of hydrogen-bond acceptors (Lipinski definition) is 6. The number of aromatic nitrogens is 4. The molecule has 1 N–H and O–H groups in total. The van der Waals surface area contributed by atoms with Crippen LogP contribution in [0.2, 0.25) is 0 Å². The van der Waals surface area contributed by atoms with E-state index >= 15 is 0 Å². The predicted octanol–water partition coefficient (Wildman–Crippen LogP) is 3.80. The van der Waals surface area contributed by atoms with Crippen molar-refractivity contribution < 1.29 is 9.53 Å². The van der Waals surface area contributed by atoms with E-state index in [9.17, 15) is 4.79 Å². The van der Waals surface area contributed by atoms with Crippen LogP contribution in [-0.4, -0.2) is 38.0 Å². The number of methoxy groups -OCH3 is 1. The molecule has 1 fully saturated rings. The normalized spacial score (nSPS) is 14.5. The molecule has 2 heterocycles. The summed E-state index contributed by atoms with van der Waals surface area (Å²) in [6, 6.07) is 11.5. The van der Waals surface area contributed by atoms with Gasteiger partial charge >= 0.3 is 0 Å². The summed E-state index contributed by atoms with van der Waals surface area (Å²) in [5.74, 6) is 1.48. The van der Waals surface area contributed by atoms with Gasteiger partial charge < -0.3 is 10.1 Å². The molecule has 2 aromatic heterocycles. The maximum Gasteiger partial charge on any atom is 0.237 e. The second-order valence-electron chi connectivity index (χ2n) is 6.63. The summed E-state index contributed by atoms with van der Waals surface area (Å²) in [6.07, 6.45) is 5.73. The number of carbonyl (C=O) groups is 1. The fourth-order valence-corrected chi connectivity index (χ4v) is 3.76. The smallest absolute Gasteiger partial charge is 0.237 e. The second kappa shape index (κ2) is 8.02. The summed E-state index contributed by atoms with van der Waals surface area (Å²) in [7, 11) is 1.61. The van der Waals surface area contributed by atoms with Gasteiger partial charge in [-0.25, -0.2) is 0 Å². The Morgan fingerprint density at radius 1 is 1.25 bits per heavy atom. The SMILES string of the molecule is COc1ccc(NC(=O)[C@H](C)Sc2nnc(-c3cccnc3)n2C2CC2)cc1. The molecule has 7 nitrogen and oxygen atoms in total. The standard InChI is InChI=1S/C20H21N5O2S/c1-13(19(26)22-15-5-9-17(27-2)10-6-15)28-20-24-23-18(25(20)16-7-8-16)14-4-3-11-21-12-14/h3-6,9-13,16H,7-8H2,1-2H3,(H,22,26)/t13-/m0/s1. The number of pyridine rings is 1. The number of nitrogens with zero attached hydrogens (tertiary/aromatic N) is 4. The zero-order chi connectivity index (χ0) is 19.5. The summed E-state index contributed by atoms with van der Waals surface area (Å²) >= 11 is 1.42. The molecule has 3 aromatic rings. The Morgan fingerprint density at radius 2 is 2.04 bits per heavy atom.